The maximum Gasteiger partial charge on any atom is 0.317 e. The van der Waals surface area contributed by atoms with E-state index < -0.39 is 5.97 Å². The number of aliphatic carboxylic acids is 1. The third-order valence-electron chi connectivity index (χ3n) is 2.97. The highest BCUT2D eigenvalue weighted by Crippen LogP contribution is 2.11. The predicted molar refractivity (Wildman–Crippen MR) is 63.4 cm³/mol. The molecular weight excluding hydrogens is 236 g/mol. The number of carboxylic acids is 1. The van der Waals surface area contributed by atoms with Crippen molar-refractivity contribution in [2.45, 2.75) is 6.92 Å². The Bertz CT molecular complexity index is 447. The van der Waals surface area contributed by atoms with E-state index in [2.05, 4.69) is 0 Å². The van der Waals surface area contributed by atoms with E-state index in [0.717, 1.165) is 0 Å². The molecule has 1 amide bonds. The fraction of sp³-hybridized carbons (Fsp3) is 0.500. The molecule has 0 spiro atoms. The van der Waals surface area contributed by atoms with Gasteiger partial charge in [-0.25, -0.2) is 0 Å². The third-order valence-corrected chi connectivity index (χ3v) is 2.97. The van der Waals surface area contributed by atoms with E-state index in [1.807, 2.05) is 4.90 Å². The van der Waals surface area contributed by atoms with Crippen LogP contribution in [0.1, 0.15) is 16.3 Å². The molecule has 6 heteroatoms. The van der Waals surface area contributed by atoms with E-state index >= 15 is 0 Å². The lowest BCUT2D eigenvalue weighted by Crippen LogP contribution is -2.49. The van der Waals surface area contributed by atoms with Gasteiger partial charge < -0.3 is 14.4 Å². The SMILES string of the molecule is Cc1ccc(C(=O)N2CCN(CC(=O)O)CC2)o1. The van der Waals surface area contributed by atoms with Crippen LogP contribution in [0, 0.1) is 6.92 Å². The minimum Gasteiger partial charge on any atom is -0.480 e. The molecule has 98 valence electrons. The van der Waals surface area contributed by atoms with Crippen LogP contribution in [0.2, 0.25) is 0 Å². The number of aryl methyl sites for hydroxylation is 1. The van der Waals surface area contributed by atoms with E-state index in [9.17, 15) is 9.59 Å². The molecule has 0 unspecified atom stereocenters. The maximum absolute atomic E-state index is 12.0. The summed E-state index contributed by atoms with van der Waals surface area (Å²) >= 11 is 0. The number of hydrogen-bond donors (Lipinski definition) is 1. The molecule has 0 bridgehead atoms. The van der Waals surface area contributed by atoms with E-state index in [1.54, 1.807) is 24.0 Å². The van der Waals surface area contributed by atoms with Crippen molar-refractivity contribution in [2.75, 3.05) is 32.7 Å². The number of carbonyl (C=O) groups is 2. The maximum atomic E-state index is 12.0. The number of piperazine rings is 1. The number of nitrogens with zero attached hydrogens (tertiary/aromatic N) is 2. The van der Waals surface area contributed by atoms with Crippen molar-refractivity contribution in [3.63, 3.8) is 0 Å². The fourth-order valence-electron chi connectivity index (χ4n) is 2.01. The molecule has 18 heavy (non-hydrogen) atoms. The molecule has 1 aliphatic heterocycles. The number of rotatable bonds is 3. The quantitative estimate of drug-likeness (QED) is 0.844. The summed E-state index contributed by atoms with van der Waals surface area (Å²) in [5.74, 6) is 0.0940. The second-order valence-electron chi connectivity index (χ2n) is 4.37. The first-order valence-corrected chi connectivity index (χ1v) is 5.86. The molecule has 1 aliphatic rings. The van der Waals surface area contributed by atoms with Gasteiger partial charge in [-0.3, -0.25) is 14.5 Å². The zero-order chi connectivity index (χ0) is 13.1. The standard InChI is InChI=1S/C12H16N2O4/c1-9-2-3-10(18-9)12(17)14-6-4-13(5-7-14)8-11(15)16/h2-3H,4-8H2,1H3,(H,15,16). The number of hydrogen-bond acceptors (Lipinski definition) is 4. The Morgan fingerprint density at radius 3 is 2.44 bits per heavy atom. The van der Waals surface area contributed by atoms with Crippen LogP contribution in [0.25, 0.3) is 0 Å². The van der Waals surface area contributed by atoms with E-state index in [4.69, 9.17) is 9.52 Å². The summed E-state index contributed by atoms with van der Waals surface area (Å²) in [6, 6.07) is 3.43. The summed E-state index contributed by atoms with van der Waals surface area (Å²) in [5, 5.41) is 8.68. The lowest BCUT2D eigenvalue weighted by Gasteiger charge is -2.33. The Balaban J connectivity index is 1.90. The first-order chi connectivity index (χ1) is 8.56. The summed E-state index contributed by atoms with van der Waals surface area (Å²) < 4.78 is 5.29. The smallest absolute Gasteiger partial charge is 0.317 e. The molecule has 1 saturated heterocycles. The monoisotopic (exact) mass is 252 g/mol. The molecule has 1 aromatic rings. The van der Waals surface area contributed by atoms with Crippen LogP contribution in [-0.2, 0) is 4.79 Å². The van der Waals surface area contributed by atoms with Gasteiger partial charge in [0.05, 0.1) is 6.54 Å². The number of furan rings is 1. The summed E-state index contributed by atoms with van der Waals surface area (Å²) in [7, 11) is 0. The van der Waals surface area contributed by atoms with Gasteiger partial charge in [-0.15, -0.1) is 0 Å². The van der Waals surface area contributed by atoms with E-state index in [-0.39, 0.29) is 12.5 Å². The van der Waals surface area contributed by atoms with Gasteiger partial charge in [-0.1, -0.05) is 0 Å². The van der Waals surface area contributed by atoms with Crippen LogP contribution >= 0.6 is 0 Å². The number of carbonyl (C=O) groups excluding carboxylic acids is 1. The molecule has 0 aromatic carbocycles. The molecular formula is C12H16N2O4. The van der Waals surface area contributed by atoms with Gasteiger partial charge in [0.2, 0.25) is 0 Å². The van der Waals surface area contributed by atoms with Crippen molar-refractivity contribution in [3.8, 4) is 0 Å². The van der Waals surface area contributed by atoms with Crippen molar-refractivity contribution in [2.24, 2.45) is 0 Å². The van der Waals surface area contributed by atoms with Crippen molar-refractivity contribution < 1.29 is 19.1 Å². The molecule has 0 atom stereocenters. The van der Waals surface area contributed by atoms with Gasteiger partial charge in [0.25, 0.3) is 5.91 Å². The second-order valence-corrected chi connectivity index (χ2v) is 4.37. The van der Waals surface area contributed by atoms with Gasteiger partial charge in [0.15, 0.2) is 5.76 Å². The van der Waals surface area contributed by atoms with Gasteiger partial charge >= 0.3 is 5.97 Å². The summed E-state index contributed by atoms with van der Waals surface area (Å²) in [6.07, 6.45) is 0. The summed E-state index contributed by atoms with van der Waals surface area (Å²) in [6.45, 7) is 4.05. The van der Waals surface area contributed by atoms with Crippen LogP contribution < -0.4 is 0 Å². The lowest BCUT2D eigenvalue weighted by molar-refractivity contribution is -0.138. The minimum absolute atomic E-state index is 0.0297. The van der Waals surface area contributed by atoms with Crippen molar-refractivity contribution in [1.29, 1.82) is 0 Å². The normalized spacial score (nSPS) is 16.8. The summed E-state index contributed by atoms with van der Waals surface area (Å²) in [4.78, 5) is 26.1. The number of carboxylic acid groups (broad SMARTS) is 1. The fourth-order valence-corrected chi connectivity index (χ4v) is 2.01. The predicted octanol–water partition coefficient (Wildman–Crippen LogP) is 0.430. The van der Waals surface area contributed by atoms with E-state index in [0.29, 0.717) is 37.7 Å². The van der Waals surface area contributed by atoms with Gasteiger partial charge in [-0.2, -0.15) is 0 Å². The molecule has 2 heterocycles. The molecule has 0 saturated carbocycles. The molecule has 1 fully saturated rings. The van der Waals surface area contributed by atoms with Gasteiger partial charge in [-0.05, 0) is 19.1 Å². The highest BCUT2D eigenvalue weighted by Gasteiger charge is 2.24. The topological polar surface area (TPSA) is 74.0 Å². The molecule has 0 aliphatic carbocycles. The zero-order valence-corrected chi connectivity index (χ0v) is 10.3. The molecule has 0 radical (unpaired) electrons. The summed E-state index contributed by atoms with van der Waals surface area (Å²) in [5.41, 5.74) is 0. The molecule has 1 N–H and O–H groups in total. The van der Waals surface area contributed by atoms with Crippen molar-refractivity contribution in [3.05, 3.63) is 23.7 Å². The van der Waals surface area contributed by atoms with Crippen LogP contribution in [0.4, 0.5) is 0 Å². The van der Waals surface area contributed by atoms with Gasteiger partial charge in [0, 0.05) is 26.2 Å². The number of amides is 1. The Morgan fingerprint density at radius 2 is 1.94 bits per heavy atom. The van der Waals surface area contributed by atoms with E-state index in [1.165, 1.54) is 0 Å². The zero-order valence-electron chi connectivity index (χ0n) is 10.3. The highest BCUT2D eigenvalue weighted by atomic mass is 16.4. The largest absolute Gasteiger partial charge is 0.480 e. The molecule has 6 nitrogen and oxygen atoms in total. The van der Waals surface area contributed by atoms with Crippen LogP contribution in [0.5, 0.6) is 0 Å². The van der Waals surface area contributed by atoms with Crippen LogP contribution in [-0.4, -0.2) is 59.5 Å². The average Bonchev–Trinajstić information content (AvgIpc) is 2.75. The van der Waals surface area contributed by atoms with Crippen molar-refractivity contribution in [1.82, 2.24) is 9.80 Å². The third kappa shape index (κ3) is 2.89. The van der Waals surface area contributed by atoms with Crippen LogP contribution in [0.15, 0.2) is 16.5 Å². The highest BCUT2D eigenvalue weighted by molar-refractivity contribution is 5.91. The second kappa shape index (κ2) is 5.22. The Morgan fingerprint density at radius 1 is 1.28 bits per heavy atom. The Labute approximate surface area is 105 Å². The van der Waals surface area contributed by atoms with Crippen molar-refractivity contribution >= 4 is 11.9 Å². The van der Waals surface area contributed by atoms with Gasteiger partial charge in [0.1, 0.15) is 5.76 Å². The minimum atomic E-state index is -0.837. The molecule has 1 aromatic heterocycles. The average molecular weight is 252 g/mol. The first-order valence-electron chi connectivity index (χ1n) is 5.86. The lowest BCUT2D eigenvalue weighted by atomic mass is 10.3. The van der Waals surface area contributed by atoms with Crippen LogP contribution in [0.3, 0.4) is 0 Å². The Hall–Kier alpha value is -1.82. The molecule has 2 rings (SSSR count). The Kier molecular flexibility index (Phi) is 3.66. The first kappa shape index (κ1) is 12.6.